The van der Waals surface area contributed by atoms with Crippen LogP contribution in [0.1, 0.15) is 62.7 Å². The van der Waals surface area contributed by atoms with Gasteiger partial charge in [0.2, 0.25) is 18.1 Å². The summed E-state index contributed by atoms with van der Waals surface area (Å²) in [6, 6.07) is 3.90. The molecule has 1 fully saturated rings. The molecule has 2 aliphatic heterocycles. The Labute approximate surface area is 205 Å². The largest absolute Gasteiger partial charge is 0.454 e. The van der Waals surface area contributed by atoms with Crippen molar-refractivity contribution in [1.29, 1.82) is 0 Å². The molecular formula is C26H36N4O5. The zero-order valence-corrected chi connectivity index (χ0v) is 20.7. The van der Waals surface area contributed by atoms with Crippen LogP contribution in [-0.4, -0.2) is 60.3 Å². The molecule has 0 radical (unpaired) electrons. The topological polar surface area (TPSA) is 102 Å². The van der Waals surface area contributed by atoms with Crippen molar-refractivity contribution >= 4 is 22.7 Å². The molecular weight excluding hydrogens is 448 g/mol. The molecule has 3 heterocycles. The molecule has 35 heavy (non-hydrogen) atoms. The number of benzene rings is 1. The highest BCUT2D eigenvalue weighted by atomic mass is 16.7. The number of carbonyl (C=O) groups excluding carboxylic acids is 2. The van der Waals surface area contributed by atoms with Crippen molar-refractivity contribution in [2.75, 3.05) is 33.0 Å². The third kappa shape index (κ3) is 5.78. The summed E-state index contributed by atoms with van der Waals surface area (Å²) in [5.41, 5.74) is 0.513. The number of ether oxygens (including phenoxy) is 2. The summed E-state index contributed by atoms with van der Waals surface area (Å²) in [5.74, 6) is 0.830. The van der Waals surface area contributed by atoms with Gasteiger partial charge in [0.25, 0.3) is 5.91 Å². The fraction of sp³-hybridized carbons (Fsp3) is 0.577. The van der Waals surface area contributed by atoms with Gasteiger partial charge in [-0.25, -0.2) is 0 Å². The number of aryl methyl sites for hydroxylation is 1. The smallest absolute Gasteiger partial charge is 0.256 e. The van der Waals surface area contributed by atoms with E-state index in [0.29, 0.717) is 48.0 Å². The van der Waals surface area contributed by atoms with Crippen LogP contribution in [-0.2, 0) is 11.3 Å². The van der Waals surface area contributed by atoms with E-state index in [-0.39, 0.29) is 29.6 Å². The third-order valence-corrected chi connectivity index (χ3v) is 6.97. The second-order valence-corrected chi connectivity index (χ2v) is 9.18. The number of unbranched alkanes of at least 4 members (excludes halogenated alkanes) is 2. The zero-order valence-electron chi connectivity index (χ0n) is 20.7. The molecule has 4 rings (SSSR count). The minimum atomic E-state index is -0.383. The summed E-state index contributed by atoms with van der Waals surface area (Å²) in [7, 11) is 0. The molecule has 0 aliphatic carbocycles. The van der Waals surface area contributed by atoms with E-state index in [4.69, 9.17) is 9.47 Å². The zero-order chi connectivity index (χ0) is 24.8. The number of pyridine rings is 1. The number of fused-ring (bicyclic) bond motifs is 2. The number of nitrogens with one attached hydrogen (secondary N) is 2. The van der Waals surface area contributed by atoms with Crippen molar-refractivity contribution in [3.63, 3.8) is 0 Å². The van der Waals surface area contributed by atoms with Crippen LogP contribution in [0.3, 0.4) is 0 Å². The van der Waals surface area contributed by atoms with Crippen molar-refractivity contribution in [1.82, 2.24) is 20.1 Å². The molecule has 2 aliphatic rings. The van der Waals surface area contributed by atoms with E-state index in [1.807, 2.05) is 11.5 Å². The van der Waals surface area contributed by atoms with Gasteiger partial charge < -0.3 is 24.7 Å². The van der Waals surface area contributed by atoms with Crippen molar-refractivity contribution in [2.45, 2.75) is 65.0 Å². The van der Waals surface area contributed by atoms with Gasteiger partial charge in [0.1, 0.15) is 5.56 Å². The minimum Gasteiger partial charge on any atom is -0.454 e. The number of amides is 2. The molecule has 2 amide bonds. The first-order valence-corrected chi connectivity index (χ1v) is 12.8. The lowest BCUT2D eigenvalue weighted by molar-refractivity contribution is -0.121. The Hall–Kier alpha value is -3.07. The molecule has 1 unspecified atom stereocenters. The summed E-state index contributed by atoms with van der Waals surface area (Å²) in [6.07, 6.45) is 6.81. The Morgan fingerprint density at radius 2 is 1.86 bits per heavy atom. The molecule has 0 bridgehead atoms. The summed E-state index contributed by atoms with van der Waals surface area (Å²) in [6.45, 7) is 8.19. The first-order chi connectivity index (χ1) is 17.0. The maximum absolute atomic E-state index is 13.0. The summed E-state index contributed by atoms with van der Waals surface area (Å²) < 4.78 is 12.7. The minimum absolute atomic E-state index is 0.0918. The van der Waals surface area contributed by atoms with Crippen molar-refractivity contribution in [3.05, 3.63) is 34.1 Å². The Kier molecular flexibility index (Phi) is 8.28. The highest BCUT2D eigenvalue weighted by Gasteiger charge is 2.23. The second kappa shape index (κ2) is 11.6. The van der Waals surface area contributed by atoms with Crippen LogP contribution in [0, 0.1) is 0 Å². The second-order valence-electron chi connectivity index (χ2n) is 9.18. The molecule has 9 nitrogen and oxygen atoms in total. The lowest BCUT2D eigenvalue weighted by Crippen LogP contribution is -2.39. The molecule has 0 spiro atoms. The Balaban J connectivity index is 1.23. The van der Waals surface area contributed by atoms with Crippen molar-refractivity contribution < 1.29 is 19.1 Å². The number of likely N-dealkylation sites (tertiary alicyclic amines) is 1. The number of rotatable bonds is 11. The average molecular weight is 485 g/mol. The summed E-state index contributed by atoms with van der Waals surface area (Å²) in [4.78, 5) is 40.4. The normalized spacial score (nSPS) is 17.1. The standard InChI is InChI=1S/C26H36N4O5/c1-3-29-12-8-9-18(29)15-28-24(31)10-6-5-7-11-27-26(33)20-16-30(4-2)21-14-23-22(34-17-35-23)13-19(21)25(20)32/h13-14,16,18H,3-12,15,17H2,1-2H3,(H,27,33)(H,28,31). The van der Waals surface area contributed by atoms with Crippen LogP contribution in [0.15, 0.2) is 23.1 Å². The summed E-state index contributed by atoms with van der Waals surface area (Å²) >= 11 is 0. The summed E-state index contributed by atoms with van der Waals surface area (Å²) in [5, 5.41) is 6.36. The highest BCUT2D eigenvalue weighted by Crippen LogP contribution is 2.35. The number of nitrogens with zero attached hydrogens (tertiary/aromatic N) is 2. The van der Waals surface area contributed by atoms with E-state index in [9.17, 15) is 14.4 Å². The van der Waals surface area contributed by atoms with Crippen LogP contribution in [0.5, 0.6) is 11.5 Å². The molecule has 9 heteroatoms. The van der Waals surface area contributed by atoms with Gasteiger partial charge in [-0.15, -0.1) is 0 Å². The fourth-order valence-electron chi connectivity index (χ4n) is 4.95. The number of carbonyl (C=O) groups is 2. The Bertz CT molecular complexity index is 1130. The first kappa shape index (κ1) is 25.0. The van der Waals surface area contributed by atoms with Gasteiger partial charge in [-0.1, -0.05) is 13.3 Å². The van der Waals surface area contributed by atoms with E-state index in [0.717, 1.165) is 45.3 Å². The predicted octanol–water partition coefficient (Wildman–Crippen LogP) is 2.64. The van der Waals surface area contributed by atoms with E-state index in [1.54, 1.807) is 18.3 Å². The maximum atomic E-state index is 13.0. The van der Waals surface area contributed by atoms with Gasteiger partial charge in [-0.3, -0.25) is 19.3 Å². The molecule has 0 saturated carbocycles. The van der Waals surface area contributed by atoms with Gasteiger partial charge in [0.15, 0.2) is 11.5 Å². The predicted molar refractivity (Wildman–Crippen MR) is 134 cm³/mol. The van der Waals surface area contributed by atoms with Gasteiger partial charge in [-0.05, 0) is 51.8 Å². The molecule has 1 aromatic heterocycles. The molecule has 1 saturated heterocycles. The SMILES string of the molecule is CCN1CCCC1CNC(=O)CCCCCNC(=O)c1cn(CC)c2cc3c(cc2c1=O)OCO3. The van der Waals surface area contributed by atoms with Gasteiger partial charge in [-0.2, -0.15) is 0 Å². The molecule has 1 aromatic carbocycles. The van der Waals surface area contributed by atoms with Gasteiger partial charge in [0.05, 0.1) is 10.9 Å². The third-order valence-electron chi connectivity index (χ3n) is 6.97. The Morgan fingerprint density at radius 3 is 2.63 bits per heavy atom. The van der Waals surface area contributed by atoms with E-state index < -0.39 is 0 Å². The number of hydrogen-bond acceptors (Lipinski definition) is 6. The van der Waals surface area contributed by atoms with E-state index in [1.165, 1.54) is 6.42 Å². The van der Waals surface area contributed by atoms with Gasteiger partial charge in [0, 0.05) is 44.4 Å². The van der Waals surface area contributed by atoms with Crippen LogP contribution in [0.2, 0.25) is 0 Å². The Morgan fingerprint density at radius 1 is 1.06 bits per heavy atom. The fourth-order valence-corrected chi connectivity index (χ4v) is 4.95. The van der Waals surface area contributed by atoms with Crippen LogP contribution in [0.25, 0.3) is 10.9 Å². The number of aromatic nitrogens is 1. The average Bonchev–Trinajstić information content (AvgIpc) is 3.52. The molecule has 190 valence electrons. The molecule has 2 aromatic rings. The van der Waals surface area contributed by atoms with E-state index >= 15 is 0 Å². The number of likely N-dealkylation sites (N-methyl/N-ethyl adjacent to an activating group) is 1. The maximum Gasteiger partial charge on any atom is 0.256 e. The van der Waals surface area contributed by atoms with Crippen LogP contribution < -0.4 is 25.5 Å². The quantitative estimate of drug-likeness (QED) is 0.476. The monoisotopic (exact) mass is 484 g/mol. The van der Waals surface area contributed by atoms with Crippen LogP contribution >= 0.6 is 0 Å². The lowest BCUT2D eigenvalue weighted by atomic mass is 10.1. The first-order valence-electron chi connectivity index (χ1n) is 12.8. The molecule has 1 atom stereocenters. The highest BCUT2D eigenvalue weighted by molar-refractivity contribution is 5.97. The van der Waals surface area contributed by atoms with Gasteiger partial charge >= 0.3 is 0 Å². The van der Waals surface area contributed by atoms with Crippen LogP contribution in [0.4, 0.5) is 0 Å². The molecule has 2 N–H and O–H groups in total. The number of hydrogen-bond donors (Lipinski definition) is 2. The van der Waals surface area contributed by atoms with E-state index in [2.05, 4.69) is 22.5 Å². The van der Waals surface area contributed by atoms with Crippen molar-refractivity contribution in [3.8, 4) is 11.5 Å². The lowest BCUT2D eigenvalue weighted by Gasteiger charge is -2.22. The van der Waals surface area contributed by atoms with Crippen molar-refractivity contribution in [2.24, 2.45) is 0 Å².